The molecule has 3 aromatic rings. The summed E-state index contributed by atoms with van der Waals surface area (Å²) in [5, 5.41) is 0. The van der Waals surface area contributed by atoms with Gasteiger partial charge in [0.05, 0.1) is 12.0 Å². The van der Waals surface area contributed by atoms with Crippen LogP contribution in [0.2, 0.25) is 0 Å². The van der Waals surface area contributed by atoms with Gasteiger partial charge in [-0.25, -0.2) is 13.9 Å². The van der Waals surface area contributed by atoms with Crippen molar-refractivity contribution < 1.29 is 13.2 Å². The third kappa shape index (κ3) is 4.85. The highest BCUT2D eigenvalue weighted by atomic mass is 32.2. The van der Waals surface area contributed by atoms with Gasteiger partial charge in [0.15, 0.2) is 5.82 Å². The molecular weight excluding hydrogens is 402 g/mol. The summed E-state index contributed by atoms with van der Waals surface area (Å²) in [6, 6.07) is 7.46. The molecule has 0 saturated carbocycles. The van der Waals surface area contributed by atoms with E-state index in [1.54, 1.807) is 12.5 Å². The quantitative estimate of drug-likeness (QED) is 0.539. The Labute approximate surface area is 177 Å². The largest absolute Gasteiger partial charge is 0.308 e. The maximum atomic E-state index is 13.0. The van der Waals surface area contributed by atoms with E-state index in [9.17, 15) is 13.2 Å². The first-order valence-electron chi connectivity index (χ1n) is 9.59. The number of Topliss-reactive ketones (excluding diaryl/α,β-unsaturated/α-hetero) is 1. The van der Waals surface area contributed by atoms with Gasteiger partial charge in [0, 0.05) is 44.8 Å². The Morgan fingerprint density at radius 2 is 1.80 bits per heavy atom. The van der Waals surface area contributed by atoms with Crippen LogP contribution >= 0.6 is 0 Å². The number of hydrogen-bond donors (Lipinski definition) is 0. The van der Waals surface area contributed by atoms with Crippen LogP contribution in [0, 0.1) is 5.41 Å². The maximum absolute atomic E-state index is 13.0. The highest BCUT2D eigenvalue weighted by Gasteiger charge is 2.27. The third-order valence-electron chi connectivity index (χ3n) is 4.50. The molecule has 1 aromatic carbocycles. The van der Waals surface area contributed by atoms with Gasteiger partial charge >= 0.3 is 10.2 Å². The highest BCUT2D eigenvalue weighted by Crippen LogP contribution is 2.22. The normalized spacial score (nSPS) is 12.5. The summed E-state index contributed by atoms with van der Waals surface area (Å²) in [7, 11) is -0.995. The second-order valence-corrected chi connectivity index (χ2v) is 10.6. The van der Waals surface area contributed by atoms with Crippen molar-refractivity contribution in [1.29, 1.82) is 0 Å². The summed E-state index contributed by atoms with van der Waals surface area (Å²) in [6.45, 7) is 6.11. The van der Waals surface area contributed by atoms with E-state index in [-0.39, 0.29) is 23.4 Å². The van der Waals surface area contributed by atoms with Gasteiger partial charge in [-0.15, -0.1) is 0 Å². The Morgan fingerprint density at radius 3 is 2.33 bits per heavy atom. The molecule has 0 aliphatic heterocycles. The first-order chi connectivity index (χ1) is 14.0. The van der Waals surface area contributed by atoms with Crippen molar-refractivity contribution in [1.82, 2.24) is 22.8 Å². The van der Waals surface area contributed by atoms with Gasteiger partial charge < -0.3 is 4.57 Å². The molecule has 30 heavy (non-hydrogen) atoms. The molecule has 0 spiro atoms. The van der Waals surface area contributed by atoms with Crippen LogP contribution in [0.25, 0.3) is 5.69 Å². The zero-order chi connectivity index (χ0) is 22.1. The van der Waals surface area contributed by atoms with E-state index in [2.05, 4.69) is 9.97 Å². The zero-order valence-corrected chi connectivity index (χ0v) is 18.7. The molecule has 0 aliphatic carbocycles. The standard InChI is InChI=1S/C21H27N5O3S/c1-21(2,3)13-17-14-26(30(28,29)24(4)5)20(23-17)19(27)12-16-6-8-18(9-7-16)25-11-10-22-15-25/h6-11,14-15H,12-13H2,1-5H3. The number of rotatable bonds is 7. The Bertz CT molecular complexity index is 1120. The van der Waals surface area contributed by atoms with Crippen LogP contribution < -0.4 is 0 Å². The van der Waals surface area contributed by atoms with E-state index < -0.39 is 10.2 Å². The maximum Gasteiger partial charge on any atom is 0.308 e. The number of nitrogens with zero attached hydrogens (tertiary/aromatic N) is 5. The highest BCUT2D eigenvalue weighted by molar-refractivity contribution is 7.87. The van der Waals surface area contributed by atoms with E-state index in [0.29, 0.717) is 12.1 Å². The number of hydrogen-bond acceptors (Lipinski definition) is 5. The minimum absolute atomic E-state index is 0.0547. The first kappa shape index (κ1) is 21.9. The molecule has 0 fully saturated rings. The number of aromatic nitrogens is 4. The van der Waals surface area contributed by atoms with E-state index in [0.717, 1.165) is 19.5 Å². The summed E-state index contributed by atoms with van der Waals surface area (Å²) in [5.74, 6) is -0.419. The fraction of sp³-hybridized carbons (Fsp3) is 0.381. The Morgan fingerprint density at radius 1 is 1.13 bits per heavy atom. The molecule has 0 aliphatic rings. The van der Waals surface area contributed by atoms with Crippen LogP contribution in [-0.2, 0) is 23.1 Å². The predicted octanol–water partition coefficient (Wildman–Crippen LogP) is 2.74. The molecule has 0 bridgehead atoms. The fourth-order valence-electron chi connectivity index (χ4n) is 3.04. The molecule has 9 heteroatoms. The Kier molecular flexibility index (Phi) is 5.96. The summed E-state index contributed by atoms with van der Waals surface area (Å²) in [5.41, 5.74) is 2.18. The van der Waals surface area contributed by atoms with Gasteiger partial charge in [-0.05, 0) is 29.5 Å². The van der Waals surface area contributed by atoms with Crippen LogP contribution in [-0.4, -0.2) is 51.1 Å². The van der Waals surface area contributed by atoms with Gasteiger partial charge in [-0.1, -0.05) is 32.9 Å². The van der Waals surface area contributed by atoms with Crippen LogP contribution in [0.5, 0.6) is 0 Å². The van der Waals surface area contributed by atoms with Crippen molar-refractivity contribution in [3.63, 3.8) is 0 Å². The second kappa shape index (κ2) is 8.16. The second-order valence-electron chi connectivity index (χ2n) is 8.62. The SMILES string of the molecule is CN(C)S(=O)(=O)n1cc(CC(C)(C)C)nc1C(=O)Cc1ccc(-n2ccnc2)cc1. The molecule has 0 atom stereocenters. The molecule has 160 valence electrons. The Hall–Kier alpha value is -2.78. The predicted molar refractivity (Wildman–Crippen MR) is 115 cm³/mol. The monoisotopic (exact) mass is 429 g/mol. The molecular formula is C21H27N5O3S. The van der Waals surface area contributed by atoms with Gasteiger partial charge in [-0.3, -0.25) is 4.79 Å². The summed E-state index contributed by atoms with van der Waals surface area (Å²) >= 11 is 0. The smallest absolute Gasteiger partial charge is 0.306 e. The summed E-state index contributed by atoms with van der Waals surface area (Å²) < 4.78 is 29.4. The lowest BCUT2D eigenvalue weighted by Crippen LogP contribution is -2.31. The average Bonchev–Trinajstić information content (AvgIpc) is 3.31. The van der Waals surface area contributed by atoms with Crippen LogP contribution in [0.4, 0.5) is 0 Å². The van der Waals surface area contributed by atoms with Crippen molar-refractivity contribution in [3.05, 3.63) is 66.3 Å². The van der Waals surface area contributed by atoms with E-state index in [1.807, 2.05) is 55.8 Å². The van der Waals surface area contributed by atoms with Crippen molar-refractivity contribution >= 4 is 16.0 Å². The number of benzene rings is 1. The number of imidazole rings is 2. The van der Waals surface area contributed by atoms with Crippen molar-refractivity contribution in [2.24, 2.45) is 5.41 Å². The molecule has 3 rings (SSSR count). The zero-order valence-electron chi connectivity index (χ0n) is 17.9. The minimum atomic E-state index is -3.86. The van der Waals surface area contributed by atoms with Crippen molar-refractivity contribution in [2.75, 3.05) is 14.1 Å². The summed E-state index contributed by atoms with van der Waals surface area (Å²) in [4.78, 5) is 21.4. The average molecular weight is 430 g/mol. The number of ketones is 1. The van der Waals surface area contributed by atoms with Crippen molar-refractivity contribution in [3.8, 4) is 5.69 Å². The molecule has 8 nitrogen and oxygen atoms in total. The minimum Gasteiger partial charge on any atom is -0.306 e. The number of carbonyl (C=O) groups is 1. The first-order valence-corrected chi connectivity index (χ1v) is 11.0. The van der Waals surface area contributed by atoms with Gasteiger partial charge in [-0.2, -0.15) is 12.7 Å². The third-order valence-corrected chi connectivity index (χ3v) is 6.20. The van der Waals surface area contributed by atoms with Gasteiger partial charge in [0.2, 0.25) is 5.78 Å². The lowest BCUT2D eigenvalue weighted by atomic mass is 9.91. The van der Waals surface area contributed by atoms with Crippen LogP contribution in [0.3, 0.4) is 0 Å². The molecule has 2 aromatic heterocycles. The topological polar surface area (TPSA) is 90.1 Å². The molecule has 0 saturated heterocycles. The van der Waals surface area contributed by atoms with Gasteiger partial charge in [0.25, 0.3) is 0 Å². The van der Waals surface area contributed by atoms with E-state index in [1.165, 1.54) is 20.3 Å². The Balaban J connectivity index is 1.90. The van der Waals surface area contributed by atoms with E-state index >= 15 is 0 Å². The molecule has 2 heterocycles. The van der Waals surface area contributed by atoms with E-state index in [4.69, 9.17) is 0 Å². The van der Waals surface area contributed by atoms with Crippen LogP contribution in [0.15, 0.2) is 49.2 Å². The fourth-order valence-corrected chi connectivity index (χ4v) is 4.01. The molecule has 0 N–H and O–H groups in total. The molecule has 0 unspecified atom stereocenters. The molecule has 0 amide bonds. The lowest BCUT2D eigenvalue weighted by Gasteiger charge is -2.15. The molecule has 0 radical (unpaired) electrons. The van der Waals surface area contributed by atoms with Crippen molar-refractivity contribution in [2.45, 2.75) is 33.6 Å². The lowest BCUT2D eigenvalue weighted by molar-refractivity contribution is 0.0982. The number of carbonyl (C=O) groups excluding carboxylic acids is 1. The van der Waals surface area contributed by atoms with Gasteiger partial charge in [0.1, 0.15) is 0 Å². The van der Waals surface area contributed by atoms with Crippen LogP contribution in [0.1, 0.15) is 42.6 Å². The summed E-state index contributed by atoms with van der Waals surface area (Å²) in [6.07, 6.45) is 7.29.